The van der Waals surface area contributed by atoms with Crippen LogP contribution in [0.3, 0.4) is 0 Å². The van der Waals surface area contributed by atoms with Crippen LogP contribution in [-0.2, 0) is 5.41 Å². The highest BCUT2D eigenvalue weighted by atomic mass is 15.1. The molecule has 282 valence electrons. The van der Waals surface area contributed by atoms with Crippen LogP contribution in [0, 0.1) is 0 Å². The number of benzene rings is 10. The molecule has 0 saturated carbocycles. The van der Waals surface area contributed by atoms with Crippen molar-refractivity contribution in [2.45, 2.75) is 5.41 Å². The minimum absolute atomic E-state index is 0.574. The van der Waals surface area contributed by atoms with Gasteiger partial charge in [0.25, 0.3) is 0 Å². The van der Waals surface area contributed by atoms with E-state index in [1.54, 1.807) is 0 Å². The summed E-state index contributed by atoms with van der Waals surface area (Å²) in [6.07, 6.45) is 0. The fraction of sp³-hybridized carbons (Fsp3) is 0.0169. The van der Waals surface area contributed by atoms with E-state index in [-0.39, 0.29) is 0 Å². The van der Waals surface area contributed by atoms with Crippen molar-refractivity contribution in [2.24, 2.45) is 0 Å². The molecule has 1 heteroatoms. The molecule has 60 heavy (non-hydrogen) atoms. The van der Waals surface area contributed by atoms with Crippen LogP contribution < -0.4 is 4.90 Å². The third kappa shape index (κ3) is 5.78. The summed E-state index contributed by atoms with van der Waals surface area (Å²) in [6, 6.07) is 91.1. The summed E-state index contributed by atoms with van der Waals surface area (Å²) < 4.78 is 0. The topological polar surface area (TPSA) is 3.24 Å². The molecule has 0 saturated heterocycles. The zero-order valence-corrected chi connectivity index (χ0v) is 33.1. The fourth-order valence-electron chi connectivity index (χ4n) is 9.72. The lowest BCUT2D eigenvalue weighted by Gasteiger charge is -2.35. The Hall–Kier alpha value is -7.74. The van der Waals surface area contributed by atoms with Crippen LogP contribution in [0.15, 0.2) is 249 Å². The van der Waals surface area contributed by atoms with Gasteiger partial charge < -0.3 is 4.90 Å². The van der Waals surface area contributed by atoms with E-state index < -0.39 is 5.41 Å². The Labute approximate surface area is 352 Å². The minimum atomic E-state index is -0.574. The fourth-order valence-corrected chi connectivity index (χ4v) is 9.72. The standard InChI is InChI=1S/C59H41N/c1-6-19-42(20-7-1)44-33-37-49(38-34-44)60(50-39-35-45(36-40-50)43-21-8-2-9-22-43)56-32-18-30-51-54(56)41-53(46-23-10-3-11-24-46)57-52-29-16-17-31-55(52)59(58(51)57,47-25-12-4-13-26-47)48-27-14-5-15-28-48/h1-41H. The molecule has 0 bridgehead atoms. The van der Waals surface area contributed by atoms with Crippen molar-refractivity contribution >= 4 is 27.8 Å². The van der Waals surface area contributed by atoms with Crippen LogP contribution in [0.25, 0.3) is 55.3 Å². The van der Waals surface area contributed by atoms with Crippen molar-refractivity contribution in [2.75, 3.05) is 4.90 Å². The van der Waals surface area contributed by atoms with E-state index >= 15 is 0 Å². The number of fused-ring (bicyclic) bond motifs is 5. The number of anilines is 3. The van der Waals surface area contributed by atoms with Gasteiger partial charge in [0.2, 0.25) is 0 Å². The Kier molecular flexibility index (Phi) is 8.79. The normalized spacial score (nSPS) is 12.5. The molecule has 0 heterocycles. The van der Waals surface area contributed by atoms with Gasteiger partial charge in [-0.05, 0) is 109 Å². The van der Waals surface area contributed by atoms with Crippen LogP contribution in [0.1, 0.15) is 22.3 Å². The molecule has 0 fully saturated rings. The largest absolute Gasteiger partial charge is 0.310 e. The zero-order valence-electron chi connectivity index (χ0n) is 33.1. The van der Waals surface area contributed by atoms with Crippen LogP contribution in [0.2, 0.25) is 0 Å². The van der Waals surface area contributed by atoms with E-state index in [1.807, 2.05) is 0 Å². The van der Waals surface area contributed by atoms with E-state index in [4.69, 9.17) is 0 Å². The molecule has 0 radical (unpaired) electrons. The van der Waals surface area contributed by atoms with Crippen LogP contribution >= 0.6 is 0 Å². The van der Waals surface area contributed by atoms with Crippen LogP contribution in [0.4, 0.5) is 17.1 Å². The quantitative estimate of drug-likeness (QED) is 0.149. The van der Waals surface area contributed by atoms with Gasteiger partial charge in [-0.2, -0.15) is 0 Å². The molecule has 1 aliphatic carbocycles. The predicted octanol–water partition coefficient (Wildman–Crippen LogP) is 15.7. The van der Waals surface area contributed by atoms with Crippen molar-refractivity contribution in [1.29, 1.82) is 0 Å². The minimum Gasteiger partial charge on any atom is -0.310 e. The van der Waals surface area contributed by atoms with Crippen molar-refractivity contribution in [1.82, 2.24) is 0 Å². The number of hydrogen-bond acceptors (Lipinski definition) is 1. The number of hydrogen-bond donors (Lipinski definition) is 0. The predicted molar refractivity (Wildman–Crippen MR) is 252 cm³/mol. The van der Waals surface area contributed by atoms with Gasteiger partial charge in [-0.3, -0.25) is 0 Å². The Morgan fingerprint density at radius 1 is 0.300 bits per heavy atom. The molecular weight excluding hydrogens is 723 g/mol. The lowest BCUT2D eigenvalue weighted by Crippen LogP contribution is -2.29. The van der Waals surface area contributed by atoms with Gasteiger partial charge in [-0.25, -0.2) is 0 Å². The van der Waals surface area contributed by atoms with Gasteiger partial charge in [0.1, 0.15) is 0 Å². The lowest BCUT2D eigenvalue weighted by atomic mass is 9.66. The average molecular weight is 764 g/mol. The average Bonchev–Trinajstić information content (AvgIpc) is 3.66. The summed E-state index contributed by atoms with van der Waals surface area (Å²) in [7, 11) is 0. The highest BCUT2D eigenvalue weighted by Crippen LogP contribution is 2.61. The van der Waals surface area contributed by atoms with E-state index in [0.29, 0.717) is 0 Å². The molecular formula is C59H41N. The maximum absolute atomic E-state index is 2.46. The molecule has 0 amide bonds. The van der Waals surface area contributed by atoms with Crippen LogP contribution in [-0.4, -0.2) is 0 Å². The second-order valence-corrected chi connectivity index (χ2v) is 15.6. The second kappa shape index (κ2) is 14.9. The molecule has 11 rings (SSSR count). The number of rotatable bonds is 8. The lowest BCUT2D eigenvalue weighted by molar-refractivity contribution is 0.775. The van der Waals surface area contributed by atoms with Gasteiger partial charge in [-0.1, -0.05) is 212 Å². The van der Waals surface area contributed by atoms with E-state index in [1.165, 1.54) is 77.5 Å². The monoisotopic (exact) mass is 763 g/mol. The van der Waals surface area contributed by atoms with Crippen molar-refractivity contribution in [3.63, 3.8) is 0 Å². The van der Waals surface area contributed by atoms with E-state index in [0.717, 1.165) is 17.1 Å². The summed E-state index contributed by atoms with van der Waals surface area (Å²) in [5.41, 5.74) is 17.6. The molecule has 0 atom stereocenters. The first-order chi connectivity index (χ1) is 29.8. The maximum Gasteiger partial charge on any atom is 0.0719 e. The molecule has 0 aliphatic heterocycles. The first kappa shape index (κ1) is 35.4. The Morgan fingerprint density at radius 3 is 1.25 bits per heavy atom. The SMILES string of the molecule is c1ccc(-c2ccc(N(c3ccc(-c4ccccc4)cc3)c3cccc4c5c(c(-c6ccccc6)cc34)-c3ccccc3C5(c3ccccc3)c3ccccc3)cc2)cc1. The molecule has 10 aromatic carbocycles. The molecule has 1 nitrogen and oxygen atoms in total. The second-order valence-electron chi connectivity index (χ2n) is 15.6. The maximum atomic E-state index is 2.46. The first-order valence-corrected chi connectivity index (χ1v) is 20.8. The van der Waals surface area contributed by atoms with Crippen molar-refractivity contribution in [3.8, 4) is 44.5 Å². The summed E-state index contributed by atoms with van der Waals surface area (Å²) in [4.78, 5) is 2.45. The highest BCUT2D eigenvalue weighted by Gasteiger charge is 2.48. The van der Waals surface area contributed by atoms with E-state index in [2.05, 4.69) is 254 Å². The molecule has 10 aromatic rings. The Balaban J connectivity index is 1.23. The van der Waals surface area contributed by atoms with Gasteiger partial charge in [0, 0.05) is 16.8 Å². The molecule has 1 aliphatic rings. The molecule has 0 spiro atoms. The summed E-state index contributed by atoms with van der Waals surface area (Å²) >= 11 is 0. The van der Waals surface area contributed by atoms with Gasteiger partial charge >= 0.3 is 0 Å². The van der Waals surface area contributed by atoms with Gasteiger partial charge in [0.05, 0.1) is 11.1 Å². The van der Waals surface area contributed by atoms with Gasteiger partial charge in [0.15, 0.2) is 0 Å². The van der Waals surface area contributed by atoms with Gasteiger partial charge in [-0.15, -0.1) is 0 Å². The van der Waals surface area contributed by atoms with E-state index in [9.17, 15) is 0 Å². The summed E-state index contributed by atoms with van der Waals surface area (Å²) in [5.74, 6) is 0. The van der Waals surface area contributed by atoms with Crippen molar-refractivity contribution < 1.29 is 0 Å². The smallest absolute Gasteiger partial charge is 0.0719 e. The molecule has 0 N–H and O–H groups in total. The Morgan fingerprint density at radius 2 is 0.733 bits per heavy atom. The van der Waals surface area contributed by atoms with Crippen molar-refractivity contribution in [3.05, 3.63) is 271 Å². The third-order valence-electron chi connectivity index (χ3n) is 12.3. The summed E-state index contributed by atoms with van der Waals surface area (Å²) in [5, 5.41) is 2.43. The Bertz CT molecular complexity index is 2960. The molecule has 0 unspecified atom stereocenters. The third-order valence-corrected chi connectivity index (χ3v) is 12.3. The number of nitrogens with zero attached hydrogens (tertiary/aromatic N) is 1. The highest BCUT2D eigenvalue weighted by molar-refractivity contribution is 6.11. The first-order valence-electron chi connectivity index (χ1n) is 20.8. The summed E-state index contributed by atoms with van der Waals surface area (Å²) in [6.45, 7) is 0. The molecule has 0 aromatic heterocycles. The zero-order chi connectivity index (χ0) is 39.9. The van der Waals surface area contributed by atoms with Crippen LogP contribution in [0.5, 0.6) is 0 Å².